The highest BCUT2D eigenvalue weighted by molar-refractivity contribution is 9.10. The van der Waals surface area contributed by atoms with Crippen molar-refractivity contribution in [3.05, 3.63) is 28.2 Å². The van der Waals surface area contributed by atoms with Crippen LogP contribution in [-0.4, -0.2) is 24.2 Å². The van der Waals surface area contributed by atoms with Gasteiger partial charge < -0.3 is 15.8 Å². The fourth-order valence-electron chi connectivity index (χ4n) is 2.10. The first-order valence-corrected chi connectivity index (χ1v) is 7.21. The van der Waals surface area contributed by atoms with Gasteiger partial charge in [0.25, 0.3) is 0 Å². The van der Waals surface area contributed by atoms with Crippen molar-refractivity contribution in [3.8, 4) is 0 Å². The summed E-state index contributed by atoms with van der Waals surface area (Å²) in [6.07, 6.45) is 1.12. The second-order valence-corrected chi connectivity index (χ2v) is 5.91. The zero-order valence-electron chi connectivity index (χ0n) is 10.3. The third-order valence-corrected chi connectivity index (χ3v) is 4.20. The lowest BCUT2D eigenvalue weighted by Gasteiger charge is -2.21. The Kier molecular flexibility index (Phi) is 4.59. The van der Waals surface area contributed by atoms with E-state index < -0.39 is 0 Å². The van der Waals surface area contributed by atoms with E-state index >= 15 is 0 Å². The van der Waals surface area contributed by atoms with E-state index in [0.29, 0.717) is 16.9 Å². The first-order valence-electron chi connectivity index (χ1n) is 6.01. The predicted octanol–water partition coefficient (Wildman–Crippen LogP) is 2.92. The molecule has 0 saturated carbocycles. The Labute approximate surface area is 121 Å². The molecule has 5 heteroatoms. The van der Waals surface area contributed by atoms with E-state index in [1.807, 2.05) is 18.2 Å². The maximum absolute atomic E-state index is 5.61. The van der Waals surface area contributed by atoms with Crippen molar-refractivity contribution in [1.29, 1.82) is 0 Å². The number of thiocarbonyl (C=S) groups is 1. The number of anilines is 1. The van der Waals surface area contributed by atoms with Gasteiger partial charge in [-0.2, -0.15) is 0 Å². The third-order valence-electron chi connectivity index (χ3n) is 3.31. The van der Waals surface area contributed by atoms with Gasteiger partial charge in [-0.05, 0) is 47.5 Å². The normalized spacial score (nSPS) is 20.7. The van der Waals surface area contributed by atoms with Crippen molar-refractivity contribution in [2.45, 2.75) is 19.4 Å². The van der Waals surface area contributed by atoms with Crippen molar-refractivity contribution in [3.63, 3.8) is 0 Å². The van der Waals surface area contributed by atoms with Crippen LogP contribution in [-0.2, 0) is 4.74 Å². The number of halogens is 1. The average Bonchev–Trinajstić information content (AvgIpc) is 2.85. The molecule has 1 fully saturated rings. The summed E-state index contributed by atoms with van der Waals surface area (Å²) in [6, 6.07) is 6.28. The summed E-state index contributed by atoms with van der Waals surface area (Å²) in [5.41, 5.74) is 7.55. The molecular formula is C13H17BrN2OS. The molecule has 0 aromatic heterocycles. The van der Waals surface area contributed by atoms with Crippen LogP contribution in [0.2, 0.25) is 0 Å². The Balaban J connectivity index is 2.06. The lowest BCUT2D eigenvalue weighted by molar-refractivity contribution is 0.183. The van der Waals surface area contributed by atoms with Crippen LogP contribution >= 0.6 is 28.1 Å². The lowest BCUT2D eigenvalue weighted by Crippen LogP contribution is -2.26. The van der Waals surface area contributed by atoms with Crippen molar-refractivity contribution in [2.24, 2.45) is 11.7 Å². The number of nitrogens with two attached hydrogens (primary N) is 1. The summed E-state index contributed by atoms with van der Waals surface area (Å²) in [5.74, 6) is 0.576. The van der Waals surface area contributed by atoms with E-state index in [1.54, 1.807) is 0 Å². The summed E-state index contributed by atoms with van der Waals surface area (Å²) in [4.78, 5) is 0.416. The van der Waals surface area contributed by atoms with Crippen LogP contribution < -0.4 is 11.1 Å². The number of benzene rings is 1. The predicted molar refractivity (Wildman–Crippen MR) is 82.0 cm³/mol. The van der Waals surface area contributed by atoms with Gasteiger partial charge in [0, 0.05) is 34.3 Å². The van der Waals surface area contributed by atoms with Gasteiger partial charge >= 0.3 is 0 Å². The quantitative estimate of drug-likeness (QED) is 0.834. The van der Waals surface area contributed by atoms with Crippen molar-refractivity contribution < 1.29 is 4.74 Å². The van der Waals surface area contributed by atoms with E-state index in [0.717, 1.165) is 35.4 Å². The van der Waals surface area contributed by atoms with E-state index in [9.17, 15) is 0 Å². The highest BCUT2D eigenvalue weighted by atomic mass is 79.9. The molecule has 2 atom stereocenters. The zero-order valence-corrected chi connectivity index (χ0v) is 12.7. The first kappa shape index (κ1) is 13.8. The number of hydrogen-bond acceptors (Lipinski definition) is 3. The van der Waals surface area contributed by atoms with Crippen molar-refractivity contribution >= 4 is 38.8 Å². The zero-order chi connectivity index (χ0) is 13.1. The summed E-state index contributed by atoms with van der Waals surface area (Å²) >= 11 is 8.50. The molecule has 98 valence electrons. The molecule has 18 heavy (non-hydrogen) atoms. The van der Waals surface area contributed by atoms with Gasteiger partial charge in [-0.1, -0.05) is 12.2 Å². The molecule has 1 aromatic carbocycles. The molecule has 1 heterocycles. The average molecular weight is 329 g/mol. The minimum absolute atomic E-state index is 0.388. The molecule has 1 aliphatic rings. The molecule has 0 spiro atoms. The fraction of sp³-hybridized carbons (Fsp3) is 0.462. The molecule has 0 bridgehead atoms. The van der Waals surface area contributed by atoms with E-state index in [4.69, 9.17) is 22.7 Å². The van der Waals surface area contributed by atoms with Crippen LogP contribution in [0, 0.1) is 5.92 Å². The van der Waals surface area contributed by atoms with Gasteiger partial charge in [-0.3, -0.25) is 0 Å². The van der Waals surface area contributed by atoms with Crippen LogP contribution in [0.3, 0.4) is 0 Å². The Bertz CT molecular complexity index is 447. The smallest absolute Gasteiger partial charge is 0.104 e. The van der Waals surface area contributed by atoms with E-state index in [1.165, 1.54) is 0 Å². The van der Waals surface area contributed by atoms with Gasteiger partial charge in [0.05, 0.1) is 6.61 Å². The lowest BCUT2D eigenvalue weighted by atomic mass is 10.0. The number of ether oxygens (including phenoxy) is 1. The second-order valence-electron chi connectivity index (χ2n) is 4.62. The molecule has 0 aliphatic carbocycles. The molecule has 0 amide bonds. The van der Waals surface area contributed by atoms with Gasteiger partial charge in [-0.25, -0.2) is 0 Å². The minimum atomic E-state index is 0.388. The van der Waals surface area contributed by atoms with Gasteiger partial charge in [0.15, 0.2) is 0 Å². The molecular weight excluding hydrogens is 312 g/mol. The molecule has 2 unspecified atom stereocenters. The molecule has 3 nitrogen and oxygen atoms in total. The standard InChI is InChI=1S/C13H17BrN2OS/c1-8(10-4-5-17-7-10)16-12-3-2-9(13(15)18)6-11(12)14/h2-3,6,8,10,16H,4-5,7H2,1H3,(H2,15,18). The highest BCUT2D eigenvalue weighted by Gasteiger charge is 2.22. The summed E-state index contributed by atoms with van der Waals surface area (Å²) in [6.45, 7) is 3.91. The summed E-state index contributed by atoms with van der Waals surface area (Å²) in [5, 5.41) is 3.51. The Morgan fingerprint density at radius 1 is 1.61 bits per heavy atom. The Morgan fingerprint density at radius 3 is 2.94 bits per heavy atom. The van der Waals surface area contributed by atoms with E-state index in [2.05, 4.69) is 28.2 Å². The van der Waals surface area contributed by atoms with Crippen LogP contribution in [0.25, 0.3) is 0 Å². The van der Waals surface area contributed by atoms with Gasteiger partial charge in [0.2, 0.25) is 0 Å². The maximum Gasteiger partial charge on any atom is 0.104 e. The van der Waals surface area contributed by atoms with Crippen LogP contribution in [0.5, 0.6) is 0 Å². The van der Waals surface area contributed by atoms with Crippen LogP contribution in [0.1, 0.15) is 18.9 Å². The topological polar surface area (TPSA) is 47.3 Å². The molecule has 1 saturated heterocycles. The minimum Gasteiger partial charge on any atom is -0.389 e. The Morgan fingerprint density at radius 2 is 2.39 bits per heavy atom. The number of nitrogens with one attached hydrogen (secondary N) is 1. The Hall–Kier alpha value is -0.650. The van der Waals surface area contributed by atoms with Crippen molar-refractivity contribution in [1.82, 2.24) is 0 Å². The van der Waals surface area contributed by atoms with Gasteiger partial charge in [0.1, 0.15) is 4.99 Å². The molecule has 2 rings (SSSR count). The largest absolute Gasteiger partial charge is 0.389 e. The SMILES string of the molecule is CC(Nc1ccc(C(N)=S)cc1Br)C1CCOC1. The first-order chi connectivity index (χ1) is 8.58. The van der Waals surface area contributed by atoms with Crippen LogP contribution in [0.15, 0.2) is 22.7 Å². The second kappa shape index (κ2) is 5.99. The molecule has 1 aromatic rings. The highest BCUT2D eigenvalue weighted by Crippen LogP contribution is 2.27. The maximum atomic E-state index is 5.61. The molecule has 3 N–H and O–H groups in total. The summed E-state index contributed by atoms with van der Waals surface area (Å²) < 4.78 is 6.40. The number of rotatable bonds is 4. The van der Waals surface area contributed by atoms with Crippen LogP contribution in [0.4, 0.5) is 5.69 Å². The monoisotopic (exact) mass is 328 g/mol. The van der Waals surface area contributed by atoms with E-state index in [-0.39, 0.29) is 0 Å². The number of hydrogen-bond donors (Lipinski definition) is 2. The van der Waals surface area contributed by atoms with Crippen molar-refractivity contribution in [2.75, 3.05) is 18.5 Å². The molecule has 1 aliphatic heterocycles. The van der Waals surface area contributed by atoms with Gasteiger partial charge in [-0.15, -0.1) is 0 Å². The third kappa shape index (κ3) is 3.22. The fourth-order valence-corrected chi connectivity index (χ4v) is 2.72. The summed E-state index contributed by atoms with van der Waals surface area (Å²) in [7, 11) is 0. The molecule has 0 radical (unpaired) electrons.